The molecule has 0 unspecified atom stereocenters. The summed E-state index contributed by atoms with van der Waals surface area (Å²) >= 11 is 0. The van der Waals surface area contributed by atoms with Gasteiger partial charge in [-0.15, -0.1) is 0 Å². The second-order valence-electron chi connectivity index (χ2n) is 5.40. The predicted molar refractivity (Wildman–Crippen MR) is 84.3 cm³/mol. The lowest BCUT2D eigenvalue weighted by Crippen LogP contribution is -2.17. The predicted octanol–water partition coefficient (Wildman–Crippen LogP) is 2.68. The molecule has 0 saturated heterocycles. The number of nitrogens with one attached hydrogen (secondary N) is 1. The molecule has 21 heavy (non-hydrogen) atoms. The van der Waals surface area contributed by atoms with Crippen molar-refractivity contribution >= 4 is 5.65 Å². The minimum atomic E-state index is 0.813. The highest BCUT2D eigenvalue weighted by Crippen LogP contribution is 2.07. The number of benzene rings is 1. The molecule has 0 aliphatic carbocycles. The minimum Gasteiger partial charge on any atom is -0.312 e. The highest BCUT2D eigenvalue weighted by molar-refractivity contribution is 5.38. The molecule has 0 radical (unpaired) electrons. The summed E-state index contributed by atoms with van der Waals surface area (Å²) in [6.07, 6.45) is 5.00. The molecule has 0 bridgehead atoms. The Hall–Kier alpha value is -2.20. The average molecular weight is 280 g/mol. The summed E-state index contributed by atoms with van der Waals surface area (Å²) in [5.74, 6) is 0. The molecule has 0 spiro atoms. The van der Waals surface area contributed by atoms with E-state index in [2.05, 4.69) is 46.6 Å². The largest absolute Gasteiger partial charge is 0.312 e. The van der Waals surface area contributed by atoms with Crippen LogP contribution in [0.5, 0.6) is 0 Å². The molecule has 0 aliphatic rings. The van der Waals surface area contributed by atoms with E-state index < -0.39 is 0 Å². The van der Waals surface area contributed by atoms with Gasteiger partial charge < -0.3 is 5.32 Å². The van der Waals surface area contributed by atoms with Crippen LogP contribution in [-0.4, -0.2) is 21.1 Å². The van der Waals surface area contributed by atoms with E-state index in [1.165, 1.54) is 11.1 Å². The van der Waals surface area contributed by atoms with Crippen molar-refractivity contribution in [1.82, 2.24) is 19.9 Å². The van der Waals surface area contributed by atoms with Crippen molar-refractivity contribution in [2.75, 3.05) is 6.54 Å². The molecular weight excluding hydrogens is 260 g/mol. The van der Waals surface area contributed by atoms with Gasteiger partial charge >= 0.3 is 0 Å². The zero-order chi connectivity index (χ0) is 14.7. The van der Waals surface area contributed by atoms with Gasteiger partial charge in [-0.25, -0.2) is 9.50 Å². The lowest BCUT2D eigenvalue weighted by molar-refractivity contribution is 0.679. The van der Waals surface area contributed by atoms with Gasteiger partial charge in [0.2, 0.25) is 0 Å². The Kier molecular flexibility index (Phi) is 3.97. The molecule has 1 N–H and O–H groups in total. The zero-order valence-electron chi connectivity index (χ0n) is 12.5. The van der Waals surface area contributed by atoms with Crippen LogP contribution in [0.15, 0.2) is 42.7 Å². The first-order valence-electron chi connectivity index (χ1n) is 7.28. The summed E-state index contributed by atoms with van der Waals surface area (Å²) in [6.45, 7) is 5.91. The first-order chi connectivity index (χ1) is 10.2. The SMILES string of the molecule is Cc1cc2ncc(CNCCc3ccccc3C)cn2n1. The fraction of sp³-hybridized carbons (Fsp3) is 0.294. The third kappa shape index (κ3) is 3.28. The molecule has 2 aromatic heterocycles. The fourth-order valence-electron chi connectivity index (χ4n) is 2.47. The molecule has 108 valence electrons. The van der Waals surface area contributed by atoms with Crippen molar-refractivity contribution in [3.63, 3.8) is 0 Å². The molecule has 3 aromatic rings. The van der Waals surface area contributed by atoms with Crippen molar-refractivity contribution in [3.8, 4) is 0 Å². The van der Waals surface area contributed by atoms with Gasteiger partial charge in [0.25, 0.3) is 0 Å². The lowest BCUT2D eigenvalue weighted by atomic mass is 10.1. The fourth-order valence-corrected chi connectivity index (χ4v) is 2.47. The Morgan fingerprint density at radius 3 is 2.90 bits per heavy atom. The third-order valence-corrected chi connectivity index (χ3v) is 3.65. The highest BCUT2D eigenvalue weighted by atomic mass is 15.2. The van der Waals surface area contributed by atoms with Crippen LogP contribution in [0.4, 0.5) is 0 Å². The summed E-state index contributed by atoms with van der Waals surface area (Å²) < 4.78 is 1.84. The summed E-state index contributed by atoms with van der Waals surface area (Å²) in [5.41, 5.74) is 5.80. The number of aromatic nitrogens is 3. The van der Waals surface area contributed by atoms with E-state index in [4.69, 9.17) is 0 Å². The van der Waals surface area contributed by atoms with E-state index in [1.807, 2.05) is 29.9 Å². The molecule has 1 aromatic carbocycles. The van der Waals surface area contributed by atoms with Crippen molar-refractivity contribution in [2.24, 2.45) is 0 Å². The van der Waals surface area contributed by atoms with E-state index in [-0.39, 0.29) is 0 Å². The molecule has 0 fully saturated rings. The van der Waals surface area contributed by atoms with Crippen molar-refractivity contribution < 1.29 is 0 Å². The van der Waals surface area contributed by atoms with Crippen LogP contribution in [-0.2, 0) is 13.0 Å². The van der Waals surface area contributed by atoms with Crippen LogP contribution < -0.4 is 5.32 Å². The zero-order valence-corrected chi connectivity index (χ0v) is 12.5. The Bertz CT molecular complexity index is 745. The van der Waals surface area contributed by atoms with Gasteiger partial charge in [0, 0.05) is 30.6 Å². The Balaban J connectivity index is 1.55. The first kappa shape index (κ1) is 13.8. The minimum absolute atomic E-state index is 0.813. The quantitative estimate of drug-likeness (QED) is 0.731. The van der Waals surface area contributed by atoms with Crippen molar-refractivity contribution in [3.05, 3.63) is 65.1 Å². The van der Waals surface area contributed by atoms with Crippen LogP contribution in [0.2, 0.25) is 0 Å². The van der Waals surface area contributed by atoms with E-state index in [9.17, 15) is 0 Å². The van der Waals surface area contributed by atoms with Crippen LogP contribution in [0.25, 0.3) is 5.65 Å². The number of hydrogen-bond acceptors (Lipinski definition) is 3. The van der Waals surface area contributed by atoms with Gasteiger partial charge in [-0.1, -0.05) is 24.3 Å². The molecule has 0 aliphatic heterocycles. The van der Waals surface area contributed by atoms with E-state index >= 15 is 0 Å². The van der Waals surface area contributed by atoms with Gasteiger partial charge in [-0.05, 0) is 37.9 Å². The molecule has 4 nitrogen and oxygen atoms in total. The monoisotopic (exact) mass is 280 g/mol. The molecule has 0 saturated carbocycles. The van der Waals surface area contributed by atoms with Gasteiger partial charge in [0.05, 0.1) is 5.69 Å². The van der Waals surface area contributed by atoms with E-state index in [0.717, 1.165) is 36.4 Å². The summed E-state index contributed by atoms with van der Waals surface area (Å²) in [7, 11) is 0. The number of nitrogens with zero attached hydrogens (tertiary/aromatic N) is 3. The van der Waals surface area contributed by atoms with Crippen molar-refractivity contribution in [2.45, 2.75) is 26.8 Å². The molecule has 0 amide bonds. The smallest absolute Gasteiger partial charge is 0.155 e. The maximum absolute atomic E-state index is 4.41. The normalized spacial score (nSPS) is 11.1. The number of hydrogen-bond donors (Lipinski definition) is 1. The molecule has 4 heteroatoms. The Morgan fingerprint density at radius 2 is 2.05 bits per heavy atom. The molecular formula is C17H20N4. The van der Waals surface area contributed by atoms with Crippen LogP contribution >= 0.6 is 0 Å². The standard InChI is InChI=1S/C17H20N4/c1-13-5-3-4-6-16(13)7-8-18-10-15-11-19-17-9-14(2)20-21(17)12-15/h3-6,9,11-12,18H,7-8,10H2,1-2H3. The number of rotatable bonds is 5. The molecule has 3 rings (SSSR count). The summed E-state index contributed by atoms with van der Waals surface area (Å²) in [6, 6.07) is 10.5. The number of aryl methyl sites for hydroxylation is 2. The van der Waals surface area contributed by atoms with Crippen LogP contribution in [0, 0.1) is 13.8 Å². The number of fused-ring (bicyclic) bond motifs is 1. The molecule has 0 atom stereocenters. The van der Waals surface area contributed by atoms with E-state index in [1.54, 1.807) is 0 Å². The maximum Gasteiger partial charge on any atom is 0.155 e. The van der Waals surface area contributed by atoms with Gasteiger partial charge in [-0.3, -0.25) is 0 Å². The average Bonchev–Trinajstić information content (AvgIpc) is 2.84. The van der Waals surface area contributed by atoms with E-state index in [0.29, 0.717) is 0 Å². The Morgan fingerprint density at radius 1 is 1.19 bits per heavy atom. The van der Waals surface area contributed by atoms with Crippen LogP contribution in [0.1, 0.15) is 22.4 Å². The lowest BCUT2D eigenvalue weighted by Gasteiger charge is -2.07. The molecule has 2 heterocycles. The Labute approximate surface area is 124 Å². The second kappa shape index (κ2) is 6.06. The second-order valence-corrected chi connectivity index (χ2v) is 5.40. The van der Waals surface area contributed by atoms with Gasteiger partial charge in [0.15, 0.2) is 5.65 Å². The highest BCUT2D eigenvalue weighted by Gasteiger charge is 2.01. The van der Waals surface area contributed by atoms with Gasteiger partial charge in [0.1, 0.15) is 0 Å². The topological polar surface area (TPSA) is 42.2 Å². The summed E-state index contributed by atoms with van der Waals surface area (Å²) in [5, 5.41) is 7.86. The van der Waals surface area contributed by atoms with Crippen LogP contribution in [0.3, 0.4) is 0 Å². The third-order valence-electron chi connectivity index (χ3n) is 3.65. The van der Waals surface area contributed by atoms with Crippen molar-refractivity contribution in [1.29, 1.82) is 0 Å². The van der Waals surface area contributed by atoms with Gasteiger partial charge in [-0.2, -0.15) is 5.10 Å². The maximum atomic E-state index is 4.41. The summed E-state index contributed by atoms with van der Waals surface area (Å²) in [4.78, 5) is 4.41. The first-order valence-corrected chi connectivity index (χ1v) is 7.28.